The van der Waals surface area contributed by atoms with Crippen LogP contribution in [0.2, 0.25) is 0 Å². The highest BCUT2D eigenvalue weighted by Gasteiger charge is 2.37. The molecule has 0 spiro atoms. The van der Waals surface area contributed by atoms with Gasteiger partial charge in [0.15, 0.2) is 0 Å². The molecule has 1 nitrogen and oxygen atoms in total. The molecule has 0 atom stereocenters. The molecule has 2 aliphatic rings. The third kappa shape index (κ3) is 2.96. The molecular weight excluding hydrogens is 184 g/mol. The van der Waals surface area contributed by atoms with Crippen molar-refractivity contribution in [1.82, 2.24) is 0 Å². The molecule has 2 heterocycles. The van der Waals surface area contributed by atoms with Crippen molar-refractivity contribution < 1.29 is 4.74 Å². The lowest BCUT2D eigenvalue weighted by Gasteiger charge is -2.44. The Bertz CT molecular complexity index is 175. The van der Waals surface area contributed by atoms with Crippen LogP contribution >= 0.6 is 0 Å². The van der Waals surface area contributed by atoms with Crippen molar-refractivity contribution in [2.45, 2.75) is 89.3 Å². The molecule has 15 heavy (non-hydrogen) atoms. The van der Waals surface area contributed by atoms with E-state index in [-0.39, 0.29) is 11.2 Å². The largest absolute Gasteiger partial charge is 0.369 e. The fraction of sp³-hybridized carbons (Fsp3) is 1.00. The van der Waals surface area contributed by atoms with Crippen LogP contribution in [0.1, 0.15) is 78.1 Å². The van der Waals surface area contributed by atoms with Gasteiger partial charge in [-0.3, -0.25) is 0 Å². The predicted molar refractivity (Wildman–Crippen MR) is 64.1 cm³/mol. The van der Waals surface area contributed by atoms with E-state index in [2.05, 4.69) is 13.8 Å². The quantitative estimate of drug-likeness (QED) is 0.574. The van der Waals surface area contributed by atoms with Gasteiger partial charge in [-0.25, -0.2) is 0 Å². The maximum Gasteiger partial charge on any atom is 0.0662 e. The standard InChI is InChI=1S/C14H26O/c1-13-9-5-3-7-11-14(2,15-13)12-8-4-6-10-13/h3-12H2,1-2H3. The Balaban J connectivity index is 2.12. The second-order valence-corrected chi connectivity index (χ2v) is 6.12. The van der Waals surface area contributed by atoms with Crippen molar-refractivity contribution in [2.75, 3.05) is 0 Å². The molecule has 2 rings (SSSR count). The Labute approximate surface area is 94.6 Å². The maximum atomic E-state index is 6.51. The van der Waals surface area contributed by atoms with Gasteiger partial charge >= 0.3 is 0 Å². The first-order valence-electron chi connectivity index (χ1n) is 6.82. The number of rotatable bonds is 0. The molecule has 1 heteroatoms. The summed E-state index contributed by atoms with van der Waals surface area (Å²) in [6, 6.07) is 0. The van der Waals surface area contributed by atoms with Crippen LogP contribution in [0.3, 0.4) is 0 Å². The minimum Gasteiger partial charge on any atom is -0.369 e. The van der Waals surface area contributed by atoms with Gasteiger partial charge in [0.25, 0.3) is 0 Å². The van der Waals surface area contributed by atoms with E-state index in [1.165, 1.54) is 64.2 Å². The second kappa shape index (κ2) is 4.45. The smallest absolute Gasteiger partial charge is 0.0662 e. The van der Waals surface area contributed by atoms with E-state index in [0.717, 1.165) is 0 Å². The van der Waals surface area contributed by atoms with E-state index >= 15 is 0 Å². The van der Waals surface area contributed by atoms with Gasteiger partial charge in [0, 0.05) is 0 Å². The Morgan fingerprint density at radius 3 is 1.27 bits per heavy atom. The van der Waals surface area contributed by atoms with Gasteiger partial charge in [0.05, 0.1) is 11.2 Å². The monoisotopic (exact) mass is 210 g/mol. The highest BCUT2D eigenvalue weighted by atomic mass is 16.5. The third-order valence-electron chi connectivity index (χ3n) is 4.32. The number of ether oxygens (including phenoxy) is 1. The summed E-state index contributed by atoms with van der Waals surface area (Å²) >= 11 is 0. The van der Waals surface area contributed by atoms with Crippen molar-refractivity contribution in [3.63, 3.8) is 0 Å². The normalized spacial score (nSPS) is 43.6. The van der Waals surface area contributed by atoms with Gasteiger partial charge < -0.3 is 4.74 Å². The molecule has 2 aliphatic heterocycles. The molecule has 0 aliphatic carbocycles. The van der Waals surface area contributed by atoms with Crippen LogP contribution in [0.4, 0.5) is 0 Å². The van der Waals surface area contributed by atoms with E-state index in [1.54, 1.807) is 0 Å². The first kappa shape index (κ1) is 11.4. The van der Waals surface area contributed by atoms with E-state index in [9.17, 15) is 0 Å². The lowest BCUT2D eigenvalue weighted by Crippen LogP contribution is -2.43. The summed E-state index contributed by atoms with van der Waals surface area (Å²) in [4.78, 5) is 0. The van der Waals surface area contributed by atoms with Crippen molar-refractivity contribution in [3.05, 3.63) is 0 Å². The van der Waals surface area contributed by atoms with Crippen molar-refractivity contribution in [3.8, 4) is 0 Å². The topological polar surface area (TPSA) is 9.23 Å². The SMILES string of the molecule is CC12CCCCCC(C)(CCCCC1)O2. The second-order valence-electron chi connectivity index (χ2n) is 6.12. The average Bonchev–Trinajstić information content (AvgIpc) is 2.11. The van der Waals surface area contributed by atoms with Crippen LogP contribution < -0.4 is 0 Å². The van der Waals surface area contributed by atoms with Gasteiger partial charge in [0.1, 0.15) is 0 Å². The summed E-state index contributed by atoms with van der Waals surface area (Å²) in [5.74, 6) is 0. The minimum atomic E-state index is 0.190. The van der Waals surface area contributed by atoms with Crippen molar-refractivity contribution >= 4 is 0 Å². The zero-order chi connectivity index (χ0) is 10.8. The fourth-order valence-electron chi connectivity index (χ4n) is 3.40. The van der Waals surface area contributed by atoms with Crippen molar-refractivity contribution in [2.24, 2.45) is 0 Å². The zero-order valence-corrected chi connectivity index (χ0v) is 10.5. The molecule has 88 valence electrons. The summed E-state index contributed by atoms with van der Waals surface area (Å²) < 4.78 is 6.51. The van der Waals surface area contributed by atoms with E-state index in [4.69, 9.17) is 4.74 Å². The van der Waals surface area contributed by atoms with Crippen LogP contribution in [0.5, 0.6) is 0 Å². The predicted octanol–water partition coefficient (Wildman–Crippen LogP) is 4.45. The molecule has 2 saturated heterocycles. The molecule has 0 saturated carbocycles. The van der Waals surface area contributed by atoms with E-state index < -0.39 is 0 Å². The molecule has 0 amide bonds. The molecule has 2 bridgehead atoms. The minimum absolute atomic E-state index is 0.190. The van der Waals surface area contributed by atoms with Gasteiger partial charge in [-0.15, -0.1) is 0 Å². The average molecular weight is 210 g/mol. The van der Waals surface area contributed by atoms with Gasteiger partial charge in [0.2, 0.25) is 0 Å². The van der Waals surface area contributed by atoms with Gasteiger partial charge in [-0.2, -0.15) is 0 Å². The molecule has 0 radical (unpaired) electrons. The first-order chi connectivity index (χ1) is 7.12. The summed E-state index contributed by atoms with van der Waals surface area (Å²) in [6.45, 7) is 4.70. The molecule has 0 unspecified atom stereocenters. The fourth-order valence-corrected chi connectivity index (χ4v) is 3.40. The Kier molecular flexibility index (Phi) is 3.39. The summed E-state index contributed by atoms with van der Waals surface area (Å²) in [7, 11) is 0. The lowest BCUT2D eigenvalue weighted by atomic mass is 9.82. The molecule has 0 aromatic heterocycles. The number of hydrogen-bond donors (Lipinski definition) is 0. The molecular formula is C14H26O. The molecule has 0 aromatic carbocycles. The summed E-state index contributed by atoms with van der Waals surface area (Å²) in [6.07, 6.45) is 13.4. The Morgan fingerprint density at radius 1 is 0.600 bits per heavy atom. The summed E-state index contributed by atoms with van der Waals surface area (Å²) in [5.41, 5.74) is 0.380. The van der Waals surface area contributed by atoms with Crippen molar-refractivity contribution in [1.29, 1.82) is 0 Å². The Hall–Kier alpha value is -0.0400. The number of fused-ring (bicyclic) bond motifs is 2. The molecule has 2 fully saturated rings. The summed E-state index contributed by atoms with van der Waals surface area (Å²) in [5, 5.41) is 0. The number of hydrogen-bond acceptors (Lipinski definition) is 1. The highest BCUT2D eigenvalue weighted by Crippen LogP contribution is 2.40. The zero-order valence-electron chi connectivity index (χ0n) is 10.5. The van der Waals surface area contributed by atoms with Crippen LogP contribution in [-0.2, 0) is 4.74 Å². The van der Waals surface area contributed by atoms with Crippen LogP contribution in [0.25, 0.3) is 0 Å². The molecule has 0 aromatic rings. The van der Waals surface area contributed by atoms with E-state index in [0.29, 0.717) is 0 Å². The molecule has 0 N–H and O–H groups in total. The maximum absolute atomic E-state index is 6.51. The van der Waals surface area contributed by atoms with Gasteiger partial charge in [-0.1, -0.05) is 38.5 Å². The third-order valence-corrected chi connectivity index (χ3v) is 4.32. The lowest BCUT2D eigenvalue weighted by molar-refractivity contribution is -0.167. The first-order valence-corrected chi connectivity index (χ1v) is 6.82. The van der Waals surface area contributed by atoms with Crippen LogP contribution in [-0.4, -0.2) is 11.2 Å². The van der Waals surface area contributed by atoms with Crippen LogP contribution in [0, 0.1) is 0 Å². The van der Waals surface area contributed by atoms with Crippen LogP contribution in [0.15, 0.2) is 0 Å². The van der Waals surface area contributed by atoms with Gasteiger partial charge in [-0.05, 0) is 39.5 Å². The Morgan fingerprint density at radius 2 is 0.933 bits per heavy atom. The van der Waals surface area contributed by atoms with E-state index in [1.807, 2.05) is 0 Å². The highest BCUT2D eigenvalue weighted by molar-refractivity contribution is 4.87.